The zero-order valence-electron chi connectivity index (χ0n) is 26.2. The van der Waals surface area contributed by atoms with Gasteiger partial charge in [0, 0.05) is 32.0 Å². The van der Waals surface area contributed by atoms with Gasteiger partial charge in [0.15, 0.2) is 0 Å². The summed E-state index contributed by atoms with van der Waals surface area (Å²) < 4.78 is 0. The van der Waals surface area contributed by atoms with Gasteiger partial charge in [-0.2, -0.15) is 0 Å². The number of rotatable bonds is 2. The SMILES string of the molecule is Cc1ccc(C)c(-c2[c-]cccc2)n1.Cc1cnc(-c2[c-]cc3c(c2)-c2ccc(C)cc2C(C)(C)C3(C)C)c(C)c1.[Ir]. The van der Waals surface area contributed by atoms with Crippen molar-refractivity contribution in [3.63, 3.8) is 0 Å². The number of hydrogen-bond donors (Lipinski definition) is 0. The largest absolute Gasteiger partial charge is 0.304 e. The van der Waals surface area contributed by atoms with Gasteiger partial charge in [-0.3, -0.25) is 0 Å². The van der Waals surface area contributed by atoms with Crippen molar-refractivity contribution in [1.82, 2.24) is 9.97 Å². The van der Waals surface area contributed by atoms with E-state index in [0.29, 0.717) is 0 Å². The molecule has 0 spiro atoms. The normalized spacial score (nSPS) is 14.0. The second-order valence-corrected chi connectivity index (χ2v) is 12.5. The molecule has 3 aromatic carbocycles. The van der Waals surface area contributed by atoms with E-state index in [1.165, 1.54) is 44.5 Å². The van der Waals surface area contributed by atoms with Crippen molar-refractivity contribution in [2.75, 3.05) is 0 Å². The summed E-state index contributed by atoms with van der Waals surface area (Å²) in [5.74, 6) is 0. The molecule has 6 rings (SSSR count). The van der Waals surface area contributed by atoms with Crippen LogP contribution in [0.5, 0.6) is 0 Å². The topological polar surface area (TPSA) is 25.8 Å². The summed E-state index contributed by atoms with van der Waals surface area (Å²) in [7, 11) is 0. The van der Waals surface area contributed by atoms with Gasteiger partial charge in [0.05, 0.1) is 0 Å². The zero-order chi connectivity index (χ0) is 29.5. The molecule has 0 unspecified atom stereocenters. The van der Waals surface area contributed by atoms with Crippen LogP contribution in [0.25, 0.3) is 33.6 Å². The molecule has 0 fully saturated rings. The van der Waals surface area contributed by atoms with Crippen molar-refractivity contribution in [3.8, 4) is 33.6 Å². The third-order valence-electron chi connectivity index (χ3n) is 9.00. The summed E-state index contributed by atoms with van der Waals surface area (Å²) in [4.78, 5) is 9.21. The first kappa shape index (κ1) is 31.5. The predicted octanol–water partition coefficient (Wildman–Crippen LogP) is 9.87. The molecule has 5 aromatic rings. The molecular formula is C39H40IrN2-2. The average molecular weight is 729 g/mol. The van der Waals surface area contributed by atoms with E-state index < -0.39 is 0 Å². The molecular weight excluding hydrogens is 689 g/mol. The quantitative estimate of drug-likeness (QED) is 0.169. The summed E-state index contributed by atoms with van der Waals surface area (Å²) >= 11 is 0. The van der Waals surface area contributed by atoms with Gasteiger partial charge in [-0.15, -0.1) is 65.2 Å². The summed E-state index contributed by atoms with van der Waals surface area (Å²) in [6, 6.07) is 32.4. The maximum atomic E-state index is 4.70. The molecule has 2 heterocycles. The fourth-order valence-corrected chi connectivity index (χ4v) is 5.89. The van der Waals surface area contributed by atoms with Crippen LogP contribution in [-0.4, -0.2) is 9.97 Å². The minimum Gasteiger partial charge on any atom is -0.304 e. The van der Waals surface area contributed by atoms with Crippen LogP contribution < -0.4 is 0 Å². The molecule has 1 aliphatic rings. The van der Waals surface area contributed by atoms with Gasteiger partial charge in [0.1, 0.15) is 0 Å². The minimum atomic E-state index is 0. The summed E-state index contributed by atoms with van der Waals surface area (Å²) in [5, 5.41) is 0. The van der Waals surface area contributed by atoms with Gasteiger partial charge in [-0.1, -0.05) is 80.3 Å². The van der Waals surface area contributed by atoms with Crippen molar-refractivity contribution >= 4 is 0 Å². The van der Waals surface area contributed by atoms with E-state index >= 15 is 0 Å². The Balaban J connectivity index is 0.000000228. The van der Waals surface area contributed by atoms with Crippen LogP contribution in [0.2, 0.25) is 0 Å². The number of benzene rings is 3. The summed E-state index contributed by atoms with van der Waals surface area (Å²) in [5.41, 5.74) is 15.7. The first-order valence-electron chi connectivity index (χ1n) is 14.4. The Morgan fingerprint density at radius 3 is 2.05 bits per heavy atom. The fraction of sp³-hybridized carbons (Fsp3) is 0.282. The molecule has 217 valence electrons. The Kier molecular flexibility index (Phi) is 9.07. The molecule has 0 N–H and O–H groups in total. The molecule has 0 bridgehead atoms. The second kappa shape index (κ2) is 12.1. The first-order chi connectivity index (χ1) is 19.4. The van der Waals surface area contributed by atoms with Crippen molar-refractivity contribution < 1.29 is 20.1 Å². The standard InChI is InChI=1S/C26H28N.C13H12N.Ir/c1-16-8-10-20-21-14-19(24-18(3)12-17(2)15-27-24)9-11-22(21)25(4,5)26(6,7)23(20)13-16;1-10-8-9-11(2)14-13(10)12-6-4-3-5-7-12;/h8,10-15H,1-7H3;3-6,8-9H,1-2H3;/q2*-1;. The Hall–Kier alpha value is -3.39. The first-order valence-corrected chi connectivity index (χ1v) is 14.4. The maximum absolute atomic E-state index is 4.70. The van der Waals surface area contributed by atoms with Gasteiger partial charge in [0.2, 0.25) is 0 Å². The van der Waals surface area contributed by atoms with Gasteiger partial charge in [-0.05, 0) is 79.6 Å². The zero-order valence-corrected chi connectivity index (χ0v) is 28.6. The summed E-state index contributed by atoms with van der Waals surface area (Å²) in [6.07, 6.45) is 1.94. The number of aromatic nitrogens is 2. The molecule has 0 saturated carbocycles. The Morgan fingerprint density at radius 2 is 1.36 bits per heavy atom. The van der Waals surface area contributed by atoms with Crippen LogP contribution >= 0.6 is 0 Å². The second-order valence-electron chi connectivity index (χ2n) is 12.5. The molecule has 0 aliphatic heterocycles. The van der Waals surface area contributed by atoms with E-state index in [9.17, 15) is 0 Å². The van der Waals surface area contributed by atoms with Crippen molar-refractivity contribution in [2.24, 2.45) is 0 Å². The molecule has 0 atom stereocenters. The van der Waals surface area contributed by atoms with E-state index in [-0.39, 0.29) is 30.9 Å². The van der Waals surface area contributed by atoms with Crippen LogP contribution in [0.3, 0.4) is 0 Å². The van der Waals surface area contributed by atoms with E-state index in [0.717, 1.165) is 28.2 Å². The number of nitrogens with zero attached hydrogens (tertiary/aromatic N) is 2. The molecule has 2 aromatic heterocycles. The number of hydrogen-bond acceptors (Lipinski definition) is 2. The van der Waals surface area contributed by atoms with E-state index in [2.05, 4.69) is 115 Å². The monoisotopic (exact) mass is 729 g/mol. The van der Waals surface area contributed by atoms with Crippen LogP contribution in [0, 0.1) is 46.8 Å². The van der Waals surface area contributed by atoms with E-state index in [4.69, 9.17) is 4.98 Å². The number of aryl methyl sites for hydroxylation is 5. The van der Waals surface area contributed by atoms with Crippen LogP contribution in [0.1, 0.15) is 66.8 Å². The van der Waals surface area contributed by atoms with Crippen molar-refractivity contribution in [2.45, 2.75) is 73.1 Å². The molecule has 0 saturated heterocycles. The third kappa shape index (κ3) is 5.78. The average Bonchev–Trinajstić information content (AvgIpc) is 2.94. The van der Waals surface area contributed by atoms with E-state index in [1.807, 2.05) is 43.5 Å². The van der Waals surface area contributed by atoms with Gasteiger partial charge in [-0.25, -0.2) is 0 Å². The smallest absolute Gasteiger partial charge is 0.0266 e. The van der Waals surface area contributed by atoms with E-state index in [1.54, 1.807) is 0 Å². The number of pyridine rings is 2. The Morgan fingerprint density at radius 1 is 0.619 bits per heavy atom. The molecule has 42 heavy (non-hydrogen) atoms. The van der Waals surface area contributed by atoms with Crippen LogP contribution in [0.15, 0.2) is 79.0 Å². The van der Waals surface area contributed by atoms with Gasteiger partial charge < -0.3 is 9.97 Å². The third-order valence-corrected chi connectivity index (χ3v) is 9.00. The van der Waals surface area contributed by atoms with Gasteiger partial charge >= 0.3 is 0 Å². The van der Waals surface area contributed by atoms with Gasteiger partial charge in [0.25, 0.3) is 0 Å². The fourth-order valence-electron chi connectivity index (χ4n) is 5.89. The van der Waals surface area contributed by atoms with Crippen LogP contribution in [-0.2, 0) is 30.9 Å². The molecule has 1 aliphatic carbocycles. The van der Waals surface area contributed by atoms with Crippen LogP contribution in [0.4, 0.5) is 0 Å². The molecule has 0 amide bonds. The van der Waals surface area contributed by atoms with Crippen molar-refractivity contribution in [3.05, 3.63) is 130 Å². The molecule has 3 heteroatoms. The number of fused-ring (bicyclic) bond motifs is 3. The predicted molar refractivity (Wildman–Crippen MR) is 172 cm³/mol. The van der Waals surface area contributed by atoms with Crippen molar-refractivity contribution in [1.29, 1.82) is 0 Å². The Labute approximate surface area is 266 Å². The Bertz CT molecular complexity index is 1730. The minimum absolute atomic E-state index is 0. The molecule has 1 radical (unpaired) electrons. The summed E-state index contributed by atoms with van der Waals surface area (Å²) in [6.45, 7) is 19.9. The maximum Gasteiger partial charge on any atom is 0.0266 e. The molecule has 2 nitrogen and oxygen atoms in total.